The van der Waals surface area contributed by atoms with Crippen LogP contribution in [0.2, 0.25) is 0 Å². The molecule has 0 aromatic carbocycles. The lowest BCUT2D eigenvalue weighted by molar-refractivity contribution is 0.101. The average molecular weight is 164 g/mol. The van der Waals surface area contributed by atoms with Gasteiger partial charge in [0.2, 0.25) is 12.3 Å². The third kappa shape index (κ3) is 0.646. The summed E-state index contributed by atoms with van der Waals surface area (Å²) in [5.41, 5.74) is 0.576. The number of aromatic nitrogens is 1. The third-order valence-electron chi connectivity index (χ3n) is 1.70. The van der Waals surface area contributed by atoms with Crippen LogP contribution in [0.1, 0.15) is 15.9 Å². The van der Waals surface area contributed by atoms with Gasteiger partial charge >= 0.3 is 0 Å². The highest BCUT2D eigenvalue weighted by Crippen LogP contribution is 2.25. The fourth-order valence-electron chi connectivity index (χ4n) is 1.10. The Hall–Kier alpha value is -1.91. The molecule has 12 heavy (non-hydrogen) atoms. The van der Waals surface area contributed by atoms with Crippen molar-refractivity contribution < 1.29 is 14.7 Å². The molecule has 0 unspecified atom stereocenters. The Kier molecular flexibility index (Phi) is 1.15. The summed E-state index contributed by atoms with van der Waals surface area (Å²) >= 11 is 0. The van der Waals surface area contributed by atoms with Crippen LogP contribution in [0.15, 0.2) is 11.2 Å². The Morgan fingerprint density at radius 3 is 2.92 bits per heavy atom. The van der Waals surface area contributed by atoms with Crippen LogP contribution in [-0.2, 0) is 4.79 Å². The molecule has 0 atom stereocenters. The van der Waals surface area contributed by atoms with E-state index in [0.29, 0.717) is 12.0 Å². The molecule has 1 aromatic rings. The number of carbonyl (C=O) groups excluding carboxylic acids is 2. The maximum atomic E-state index is 10.9. The van der Waals surface area contributed by atoms with E-state index in [4.69, 9.17) is 0 Å². The SMILES string of the molecule is O=Cn1cc2c(c1O)C=NC2=O. The first kappa shape index (κ1) is 6.78. The smallest absolute Gasteiger partial charge is 0.279 e. The molecule has 1 amide bonds. The number of nitrogens with zero attached hydrogens (tertiary/aromatic N) is 2. The van der Waals surface area contributed by atoms with Crippen LogP contribution in [0, 0.1) is 0 Å². The Morgan fingerprint density at radius 1 is 1.58 bits per heavy atom. The molecule has 2 heterocycles. The minimum absolute atomic E-state index is 0.241. The van der Waals surface area contributed by atoms with Crippen molar-refractivity contribution in [2.45, 2.75) is 0 Å². The summed E-state index contributed by atoms with van der Waals surface area (Å²) in [4.78, 5) is 24.6. The first-order chi connectivity index (χ1) is 5.74. The Labute approximate surface area is 67.0 Å². The summed E-state index contributed by atoms with van der Waals surface area (Å²) in [5, 5.41) is 9.26. The van der Waals surface area contributed by atoms with Crippen molar-refractivity contribution in [3.05, 3.63) is 17.3 Å². The van der Waals surface area contributed by atoms with Gasteiger partial charge < -0.3 is 5.11 Å². The molecule has 60 valence electrons. The van der Waals surface area contributed by atoms with Gasteiger partial charge in [0.15, 0.2) is 0 Å². The minimum atomic E-state index is -0.430. The van der Waals surface area contributed by atoms with Crippen molar-refractivity contribution >= 4 is 18.5 Å². The van der Waals surface area contributed by atoms with Crippen molar-refractivity contribution in [1.82, 2.24) is 4.57 Å². The highest BCUT2D eigenvalue weighted by Gasteiger charge is 2.22. The molecule has 0 saturated heterocycles. The van der Waals surface area contributed by atoms with E-state index in [-0.39, 0.29) is 11.4 Å². The van der Waals surface area contributed by atoms with Gasteiger partial charge in [-0.25, -0.2) is 4.99 Å². The van der Waals surface area contributed by atoms with Crippen molar-refractivity contribution in [1.29, 1.82) is 0 Å². The fraction of sp³-hybridized carbons (Fsp3) is 0. The normalized spacial score (nSPS) is 13.5. The molecule has 5 nitrogen and oxygen atoms in total. The molecule has 1 aliphatic rings. The highest BCUT2D eigenvalue weighted by molar-refractivity contribution is 6.14. The maximum absolute atomic E-state index is 10.9. The number of aliphatic imine (C=N–C) groups is 1. The van der Waals surface area contributed by atoms with Crippen LogP contribution >= 0.6 is 0 Å². The van der Waals surface area contributed by atoms with E-state index < -0.39 is 5.91 Å². The summed E-state index contributed by atoms with van der Waals surface area (Å²) in [6.07, 6.45) is 2.93. The molecule has 0 fully saturated rings. The number of carbonyl (C=O) groups is 2. The lowest BCUT2D eigenvalue weighted by Gasteiger charge is -1.90. The molecular weight excluding hydrogens is 160 g/mol. The van der Waals surface area contributed by atoms with Gasteiger partial charge in [-0.2, -0.15) is 0 Å². The zero-order chi connectivity index (χ0) is 8.72. The quantitative estimate of drug-likeness (QED) is 0.584. The summed E-state index contributed by atoms with van der Waals surface area (Å²) < 4.78 is 0.938. The largest absolute Gasteiger partial charge is 0.494 e. The molecule has 0 spiro atoms. The van der Waals surface area contributed by atoms with E-state index in [9.17, 15) is 14.7 Å². The average Bonchev–Trinajstić information content (AvgIpc) is 2.55. The molecular formula is C7H4N2O3. The second-order valence-electron chi connectivity index (χ2n) is 2.36. The van der Waals surface area contributed by atoms with Crippen LogP contribution in [0.25, 0.3) is 0 Å². The maximum Gasteiger partial charge on any atom is 0.279 e. The number of hydrogen-bond donors (Lipinski definition) is 1. The summed E-state index contributed by atoms with van der Waals surface area (Å²) in [7, 11) is 0. The van der Waals surface area contributed by atoms with E-state index in [2.05, 4.69) is 4.99 Å². The minimum Gasteiger partial charge on any atom is -0.494 e. The van der Waals surface area contributed by atoms with Crippen LogP contribution in [0.4, 0.5) is 0 Å². The predicted octanol–water partition coefficient (Wildman–Crippen LogP) is -0.195. The Bertz CT molecular complexity index is 403. The molecule has 0 aliphatic carbocycles. The lowest BCUT2D eigenvalue weighted by atomic mass is 10.2. The predicted molar refractivity (Wildman–Crippen MR) is 40.2 cm³/mol. The zero-order valence-electron chi connectivity index (χ0n) is 5.89. The second kappa shape index (κ2) is 2.04. The molecule has 5 heteroatoms. The zero-order valence-corrected chi connectivity index (χ0v) is 5.89. The fourth-order valence-corrected chi connectivity index (χ4v) is 1.10. The molecule has 1 aliphatic heterocycles. The van der Waals surface area contributed by atoms with Crippen molar-refractivity contribution in [2.24, 2.45) is 4.99 Å². The monoisotopic (exact) mass is 164 g/mol. The molecule has 1 N–H and O–H groups in total. The van der Waals surface area contributed by atoms with Crippen LogP contribution in [-0.4, -0.2) is 28.2 Å². The van der Waals surface area contributed by atoms with Gasteiger partial charge in [0.05, 0.1) is 11.1 Å². The molecule has 1 aromatic heterocycles. The van der Waals surface area contributed by atoms with E-state index in [1.54, 1.807) is 0 Å². The third-order valence-corrected chi connectivity index (χ3v) is 1.70. The number of hydrogen-bond acceptors (Lipinski definition) is 3. The number of rotatable bonds is 1. The Morgan fingerprint density at radius 2 is 2.33 bits per heavy atom. The lowest BCUT2D eigenvalue weighted by Crippen LogP contribution is -1.92. The van der Waals surface area contributed by atoms with Gasteiger partial charge in [-0.05, 0) is 0 Å². The topological polar surface area (TPSA) is 71.7 Å². The first-order valence-electron chi connectivity index (χ1n) is 3.21. The number of amides is 1. The van der Waals surface area contributed by atoms with E-state index in [1.165, 1.54) is 12.4 Å². The van der Waals surface area contributed by atoms with Gasteiger partial charge in [0.1, 0.15) is 0 Å². The van der Waals surface area contributed by atoms with E-state index in [1.807, 2.05) is 0 Å². The van der Waals surface area contributed by atoms with Gasteiger partial charge in [0, 0.05) is 12.4 Å². The standard InChI is InChI=1S/C7H4N2O3/c10-3-9-2-5-4(7(9)12)1-8-6(5)11/h1-3,12H. The van der Waals surface area contributed by atoms with Gasteiger partial charge in [-0.15, -0.1) is 0 Å². The van der Waals surface area contributed by atoms with Gasteiger partial charge in [-0.3, -0.25) is 14.2 Å². The molecule has 0 bridgehead atoms. The first-order valence-corrected chi connectivity index (χ1v) is 3.21. The number of aromatic hydroxyl groups is 1. The molecule has 2 rings (SSSR count). The second-order valence-corrected chi connectivity index (χ2v) is 2.36. The molecule has 0 radical (unpaired) electrons. The van der Waals surface area contributed by atoms with Crippen LogP contribution < -0.4 is 0 Å². The molecule has 0 saturated carbocycles. The summed E-state index contributed by atoms with van der Waals surface area (Å²) in [6, 6.07) is 0. The highest BCUT2D eigenvalue weighted by atomic mass is 16.3. The van der Waals surface area contributed by atoms with Crippen LogP contribution in [0.5, 0.6) is 5.88 Å². The summed E-state index contributed by atoms with van der Waals surface area (Å²) in [5.74, 6) is -0.671. The van der Waals surface area contributed by atoms with Crippen molar-refractivity contribution in [3.8, 4) is 5.88 Å². The van der Waals surface area contributed by atoms with Crippen LogP contribution in [0.3, 0.4) is 0 Å². The van der Waals surface area contributed by atoms with Crippen molar-refractivity contribution in [2.75, 3.05) is 0 Å². The Balaban J connectivity index is 2.71. The van der Waals surface area contributed by atoms with E-state index >= 15 is 0 Å². The van der Waals surface area contributed by atoms with Gasteiger partial charge in [-0.1, -0.05) is 0 Å². The van der Waals surface area contributed by atoms with Gasteiger partial charge in [0.25, 0.3) is 5.91 Å². The van der Waals surface area contributed by atoms with E-state index in [0.717, 1.165) is 4.57 Å². The summed E-state index contributed by atoms with van der Waals surface area (Å²) in [6.45, 7) is 0. The van der Waals surface area contributed by atoms with Crippen molar-refractivity contribution in [3.63, 3.8) is 0 Å². The number of fused-ring (bicyclic) bond motifs is 1.